The topological polar surface area (TPSA) is 97.1 Å². The minimum atomic E-state index is -2.33. The monoisotopic (exact) mass is 277 g/mol. The molecule has 1 radical (unpaired) electrons. The first-order chi connectivity index (χ1) is 1.41. The van der Waals surface area contributed by atoms with E-state index >= 15 is 0 Å². The predicted octanol–water partition coefficient (Wildman–Crippen LogP) is -2.27. The van der Waals surface area contributed by atoms with Crippen molar-refractivity contribution in [3.05, 3.63) is 0 Å². The third-order valence-corrected chi connectivity index (χ3v) is 0. The third-order valence-electron chi connectivity index (χ3n) is 0. The van der Waals surface area contributed by atoms with Gasteiger partial charge in [-0.1, -0.05) is 0 Å². The van der Waals surface area contributed by atoms with Gasteiger partial charge < -0.3 is 11.0 Å². The molecule has 0 spiro atoms. The van der Waals surface area contributed by atoms with Gasteiger partial charge >= 0.3 is 28.9 Å². The van der Waals surface area contributed by atoms with Crippen LogP contribution in [0.4, 0.5) is 0 Å². The number of rotatable bonds is 0. The summed E-state index contributed by atoms with van der Waals surface area (Å²) in [5.41, 5.74) is 0. The van der Waals surface area contributed by atoms with Crippen LogP contribution in [0.5, 0.6) is 0 Å². The molecule has 0 saturated heterocycles. The molecule has 5 heavy (non-hydrogen) atoms. The van der Waals surface area contributed by atoms with Gasteiger partial charge in [0.1, 0.15) is 0 Å². The number of hydrogen-bond donors (Lipinski definition) is 0. The van der Waals surface area contributed by atoms with Gasteiger partial charge in [-0.05, 0) is 0 Å². The Bertz CT molecular complexity index is 24.6. The second-order valence-corrected chi connectivity index (χ2v) is 0.654. The van der Waals surface area contributed by atoms with Crippen molar-refractivity contribution >= 4 is 23.2 Å². The van der Waals surface area contributed by atoms with Crippen LogP contribution in [-0.4, -0.2) is 34.2 Å². The van der Waals surface area contributed by atoms with E-state index in [0.29, 0.717) is 0 Å². The van der Waals surface area contributed by atoms with Crippen LogP contribution in [0.25, 0.3) is 0 Å². The molecule has 0 aromatic heterocycles. The molecular weight excluding hydrogens is 273 g/mol. The van der Waals surface area contributed by atoms with E-state index in [2.05, 4.69) is 0 Å². The van der Waals surface area contributed by atoms with Crippen LogP contribution in [0, 0.1) is 0 Å². The molecular formula is H4BiO4. The minimum absolute atomic E-state index is 0. The van der Waals surface area contributed by atoms with Crippen molar-refractivity contribution in [2.45, 2.75) is 0 Å². The van der Waals surface area contributed by atoms with E-state index in [9.17, 15) is 0 Å². The SMILES string of the molecule is O.O.[O]=[Bi]=[O]. The summed E-state index contributed by atoms with van der Waals surface area (Å²) in [7, 11) is 0. The van der Waals surface area contributed by atoms with Crippen molar-refractivity contribution in [3.63, 3.8) is 0 Å². The van der Waals surface area contributed by atoms with Crippen LogP contribution in [0.3, 0.4) is 0 Å². The van der Waals surface area contributed by atoms with Gasteiger partial charge in [-0.25, -0.2) is 0 Å². The molecule has 0 rings (SSSR count). The summed E-state index contributed by atoms with van der Waals surface area (Å²) in [5, 5.41) is 0. The summed E-state index contributed by atoms with van der Waals surface area (Å²) in [6.07, 6.45) is 0. The van der Waals surface area contributed by atoms with E-state index in [1.165, 1.54) is 0 Å². The van der Waals surface area contributed by atoms with E-state index in [0.717, 1.165) is 0 Å². The molecule has 0 aliphatic carbocycles. The van der Waals surface area contributed by atoms with E-state index in [1.807, 2.05) is 0 Å². The van der Waals surface area contributed by atoms with Crippen LogP contribution >= 0.6 is 0 Å². The van der Waals surface area contributed by atoms with Crippen molar-refractivity contribution in [2.75, 3.05) is 0 Å². The van der Waals surface area contributed by atoms with Gasteiger partial charge in [-0.2, -0.15) is 0 Å². The zero-order valence-electron chi connectivity index (χ0n) is 2.26. The molecule has 4 N–H and O–H groups in total. The van der Waals surface area contributed by atoms with Crippen LogP contribution in [-0.2, 0) is 5.63 Å². The Morgan fingerprint density at radius 2 is 1.00 bits per heavy atom. The first-order valence-corrected chi connectivity index (χ1v) is 3.20. The van der Waals surface area contributed by atoms with Gasteiger partial charge in [0, 0.05) is 0 Å². The van der Waals surface area contributed by atoms with Crippen molar-refractivity contribution in [2.24, 2.45) is 0 Å². The number of hydrogen-bond acceptors (Lipinski definition) is 2. The van der Waals surface area contributed by atoms with Crippen molar-refractivity contribution < 1.29 is 16.6 Å². The molecule has 0 saturated carbocycles. The molecule has 5 heteroatoms. The van der Waals surface area contributed by atoms with Gasteiger partial charge in [0.25, 0.3) is 0 Å². The Balaban J connectivity index is -0.0000000200. The van der Waals surface area contributed by atoms with Gasteiger partial charge in [0.2, 0.25) is 0 Å². The summed E-state index contributed by atoms with van der Waals surface area (Å²) in [4.78, 5) is 0. The normalized spacial score (nSPS) is 1.60. The van der Waals surface area contributed by atoms with Gasteiger partial charge in [-0.3, -0.25) is 0 Å². The Kier molecular flexibility index (Phi) is 94.0. The molecule has 0 aromatic carbocycles. The first kappa shape index (κ1) is 18.1. The van der Waals surface area contributed by atoms with E-state index in [4.69, 9.17) is 5.63 Å². The molecule has 33 valence electrons. The summed E-state index contributed by atoms with van der Waals surface area (Å²) in [6.45, 7) is 0. The maximum absolute atomic E-state index is 8.56. The van der Waals surface area contributed by atoms with Gasteiger partial charge in [-0.15, -0.1) is 0 Å². The Morgan fingerprint density at radius 1 is 1.00 bits per heavy atom. The Hall–Kier alpha value is 0.403. The Morgan fingerprint density at radius 3 is 1.00 bits per heavy atom. The van der Waals surface area contributed by atoms with Crippen molar-refractivity contribution in [1.82, 2.24) is 0 Å². The molecule has 0 fully saturated rings. The molecule has 0 aliphatic rings. The standard InChI is InChI=1S/Bi.2H2O.2O/h;2*1H2;;. The quantitative estimate of drug-likeness (QED) is 0.467. The van der Waals surface area contributed by atoms with Crippen molar-refractivity contribution in [1.29, 1.82) is 0 Å². The van der Waals surface area contributed by atoms with Crippen LogP contribution < -0.4 is 0 Å². The summed E-state index contributed by atoms with van der Waals surface area (Å²) >= 11 is -2.33. The molecule has 4 nitrogen and oxygen atoms in total. The van der Waals surface area contributed by atoms with E-state index < -0.39 is 23.2 Å². The second kappa shape index (κ2) is 25.9. The maximum atomic E-state index is 8.56. The van der Waals surface area contributed by atoms with E-state index in [-0.39, 0.29) is 11.0 Å². The summed E-state index contributed by atoms with van der Waals surface area (Å²) in [6, 6.07) is 0. The zero-order chi connectivity index (χ0) is 2.71. The van der Waals surface area contributed by atoms with Crippen molar-refractivity contribution in [3.8, 4) is 0 Å². The zero-order valence-corrected chi connectivity index (χ0v) is 5.74. The molecule has 0 heterocycles. The van der Waals surface area contributed by atoms with Crippen LogP contribution in [0.2, 0.25) is 0 Å². The average molecular weight is 277 g/mol. The first-order valence-electron chi connectivity index (χ1n) is 0.365. The fraction of sp³-hybridized carbons (Fsp3) is 0. The molecule has 0 atom stereocenters. The predicted molar refractivity (Wildman–Crippen MR) is 14.4 cm³/mol. The Labute approximate surface area is 40.3 Å². The fourth-order valence-electron chi connectivity index (χ4n) is 0. The summed E-state index contributed by atoms with van der Waals surface area (Å²) in [5.74, 6) is 0. The molecule has 0 unspecified atom stereocenters. The second-order valence-electron chi connectivity index (χ2n) is 0.0745. The third kappa shape index (κ3) is 156. The molecule has 0 aromatic rings. The molecule has 0 bridgehead atoms. The van der Waals surface area contributed by atoms with E-state index in [1.54, 1.807) is 0 Å². The average Bonchev–Trinajstić information content (AvgIpc) is 0.918. The summed E-state index contributed by atoms with van der Waals surface area (Å²) < 4.78 is 17.1. The van der Waals surface area contributed by atoms with Gasteiger partial charge in [0.15, 0.2) is 0 Å². The fourth-order valence-corrected chi connectivity index (χ4v) is 0. The van der Waals surface area contributed by atoms with Crippen LogP contribution in [0.15, 0.2) is 0 Å². The molecule has 0 amide bonds. The van der Waals surface area contributed by atoms with Gasteiger partial charge in [0.05, 0.1) is 0 Å². The molecule has 0 aliphatic heterocycles. The van der Waals surface area contributed by atoms with Crippen LogP contribution in [0.1, 0.15) is 0 Å².